The third-order valence-electron chi connectivity index (χ3n) is 3.59. The molecule has 1 amide bonds. The highest BCUT2D eigenvalue weighted by Gasteiger charge is 2.15. The van der Waals surface area contributed by atoms with Gasteiger partial charge in [-0.25, -0.2) is 0 Å². The van der Waals surface area contributed by atoms with E-state index in [0.717, 1.165) is 5.56 Å². The molecule has 0 saturated carbocycles. The normalized spacial score (nSPS) is 10.8. The molecule has 0 aliphatic heterocycles. The van der Waals surface area contributed by atoms with Crippen molar-refractivity contribution in [3.05, 3.63) is 57.5 Å². The average Bonchev–Trinajstić information content (AvgIpc) is 3.02. The van der Waals surface area contributed by atoms with Crippen LogP contribution in [0.5, 0.6) is 0 Å². The summed E-state index contributed by atoms with van der Waals surface area (Å²) in [4.78, 5) is 12.2. The van der Waals surface area contributed by atoms with Crippen LogP contribution in [0.15, 0.2) is 47.6 Å². The van der Waals surface area contributed by atoms with Gasteiger partial charge in [-0.15, -0.1) is 10.2 Å². The predicted molar refractivity (Wildman–Crippen MR) is 112 cm³/mol. The number of carbonyl (C=O) groups is 1. The molecule has 27 heavy (non-hydrogen) atoms. The van der Waals surface area contributed by atoms with Crippen LogP contribution in [-0.2, 0) is 11.3 Å². The van der Waals surface area contributed by atoms with Gasteiger partial charge in [0.05, 0.1) is 5.75 Å². The van der Waals surface area contributed by atoms with Crippen LogP contribution in [-0.4, -0.2) is 26.4 Å². The molecule has 1 heterocycles. The second-order valence-corrected chi connectivity index (χ2v) is 7.81. The van der Waals surface area contributed by atoms with Gasteiger partial charge in [0.1, 0.15) is 0 Å². The van der Waals surface area contributed by atoms with Gasteiger partial charge < -0.3 is 9.88 Å². The summed E-state index contributed by atoms with van der Waals surface area (Å²) in [5.41, 5.74) is 1.43. The molecule has 0 spiro atoms. The zero-order valence-corrected chi connectivity index (χ0v) is 17.3. The van der Waals surface area contributed by atoms with Crippen LogP contribution in [0.2, 0.25) is 15.1 Å². The van der Waals surface area contributed by atoms with Crippen LogP contribution in [0.3, 0.4) is 0 Å². The maximum atomic E-state index is 12.2. The molecule has 0 bridgehead atoms. The van der Waals surface area contributed by atoms with Crippen LogP contribution < -0.4 is 5.32 Å². The summed E-state index contributed by atoms with van der Waals surface area (Å²) in [6, 6.07) is 12.3. The van der Waals surface area contributed by atoms with Crippen LogP contribution in [0.25, 0.3) is 11.4 Å². The van der Waals surface area contributed by atoms with E-state index < -0.39 is 0 Å². The standard InChI is InChI=1S/C18H15Cl3N4OS/c1-2-25-17(11-4-3-5-12(19)6-11)23-24-18(25)27-10-16(26)22-15-8-13(20)7-14(21)9-15/h3-9H,2,10H2,1H3,(H,22,26). The Morgan fingerprint density at radius 1 is 1.07 bits per heavy atom. The highest BCUT2D eigenvalue weighted by atomic mass is 35.5. The number of halogens is 3. The summed E-state index contributed by atoms with van der Waals surface area (Å²) in [6.07, 6.45) is 0. The van der Waals surface area contributed by atoms with E-state index >= 15 is 0 Å². The van der Waals surface area contributed by atoms with Crippen molar-refractivity contribution in [2.75, 3.05) is 11.1 Å². The topological polar surface area (TPSA) is 59.8 Å². The van der Waals surface area contributed by atoms with E-state index in [1.165, 1.54) is 11.8 Å². The van der Waals surface area contributed by atoms with E-state index in [9.17, 15) is 4.79 Å². The van der Waals surface area contributed by atoms with Crippen LogP contribution in [0.1, 0.15) is 6.92 Å². The van der Waals surface area contributed by atoms with E-state index in [2.05, 4.69) is 15.5 Å². The maximum Gasteiger partial charge on any atom is 0.234 e. The summed E-state index contributed by atoms with van der Waals surface area (Å²) in [7, 11) is 0. The molecule has 0 atom stereocenters. The number of hydrogen-bond acceptors (Lipinski definition) is 4. The van der Waals surface area contributed by atoms with Crippen molar-refractivity contribution in [2.45, 2.75) is 18.6 Å². The van der Waals surface area contributed by atoms with Crippen LogP contribution >= 0.6 is 46.6 Å². The minimum atomic E-state index is -0.187. The summed E-state index contributed by atoms with van der Waals surface area (Å²) in [6.45, 7) is 2.66. The summed E-state index contributed by atoms with van der Waals surface area (Å²) in [5, 5.41) is 13.4. The monoisotopic (exact) mass is 440 g/mol. The Hall–Kier alpha value is -1.73. The van der Waals surface area contributed by atoms with Crippen molar-refractivity contribution in [2.24, 2.45) is 0 Å². The van der Waals surface area contributed by atoms with Gasteiger partial charge in [-0.1, -0.05) is 58.7 Å². The molecule has 0 saturated heterocycles. The van der Waals surface area contributed by atoms with E-state index in [1.807, 2.05) is 29.7 Å². The quantitative estimate of drug-likeness (QED) is 0.502. The molecular weight excluding hydrogens is 427 g/mol. The zero-order valence-electron chi connectivity index (χ0n) is 14.2. The third-order valence-corrected chi connectivity index (χ3v) is 5.23. The molecular formula is C18H15Cl3N4OS. The van der Waals surface area contributed by atoms with Gasteiger partial charge in [0.2, 0.25) is 5.91 Å². The van der Waals surface area contributed by atoms with Crippen molar-refractivity contribution in [1.29, 1.82) is 0 Å². The maximum absolute atomic E-state index is 12.2. The van der Waals surface area contributed by atoms with Crippen molar-refractivity contribution in [3.8, 4) is 11.4 Å². The number of amides is 1. The molecule has 140 valence electrons. The molecule has 0 fully saturated rings. The minimum absolute atomic E-state index is 0.178. The first kappa shape index (κ1) is 20.0. The van der Waals surface area contributed by atoms with E-state index in [0.29, 0.717) is 38.3 Å². The van der Waals surface area contributed by atoms with Gasteiger partial charge in [0.15, 0.2) is 11.0 Å². The fraction of sp³-hybridized carbons (Fsp3) is 0.167. The van der Waals surface area contributed by atoms with Crippen molar-refractivity contribution in [3.63, 3.8) is 0 Å². The van der Waals surface area contributed by atoms with Crippen molar-refractivity contribution in [1.82, 2.24) is 14.8 Å². The van der Waals surface area contributed by atoms with Crippen LogP contribution in [0.4, 0.5) is 5.69 Å². The lowest BCUT2D eigenvalue weighted by Gasteiger charge is -2.08. The fourth-order valence-electron chi connectivity index (χ4n) is 2.47. The van der Waals surface area contributed by atoms with Gasteiger partial charge in [0.25, 0.3) is 0 Å². The number of aromatic nitrogens is 3. The largest absolute Gasteiger partial charge is 0.325 e. The molecule has 0 radical (unpaired) electrons. The van der Waals surface area contributed by atoms with Gasteiger partial charge in [-0.3, -0.25) is 4.79 Å². The smallest absolute Gasteiger partial charge is 0.234 e. The Kier molecular flexibility index (Phi) is 6.65. The Bertz CT molecular complexity index is 957. The highest BCUT2D eigenvalue weighted by Crippen LogP contribution is 2.26. The van der Waals surface area contributed by atoms with Gasteiger partial charge >= 0.3 is 0 Å². The molecule has 9 heteroatoms. The first-order chi connectivity index (χ1) is 13.0. The summed E-state index contributed by atoms with van der Waals surface area (Å²) < 4.78 is 1.94. The van der Waals surface area contributed by atoms with E-state index in [-0.39, 0.29) is 11.7 Å². The number of carbonyl (C=O) groups excluding carboxylic acids is 1. The summed E-state index contributed by atoms with van der Waals surface area (Å²) >= 11 is 19.3. The Labute approximate surface area is 176 Å². The van der Waals surface area contributed by atoms with E-state index in [4.69, 9.17) is 34.8 Å². The minimum Gasteiger partial charge on any atom is -0.325 e. The van der Waals surface area contributed by atoms with Crippen molar-refractivity contribution < 1.29 is 4.79 Å². The molecule has 0 aliphatic carbocycles. The average molecular weight is 442 g/mol. The summed E-state index contributed by atoms with van der Waals surface area (Å²) in [5.74, 6) is 0.704. The SMILES string of the molecule is CCn1c(SCC(=O)Nc2cc(Cl)cc(Cl)c2)nnc1-c1cccc(Cl)c1. The first-order valence-electron chi connectivity index (χ1n) is 8.04. The lowest BCUT2D eigenvalue weighted by Crippen LogP contribution is -2.14. The third kappa shape index (κ3) is 5.17. The molecule has 5 nitrogen and oxygen atoms in total. The number of rotatable bonds is 6. The van der Waals surface area contributed by atoms with Crippen molar-refractivity contribution >= 4 is 58.2 Å². The lowest BCUT2D eigenvalue weighted by molar-refractivity contribution is -0.113. The second kappa shape index (κ2) is 8.97. The molecule has 0 unspecified atom stereocenters. The number of benzene rings is 2. The zero-order chi connectivity index (χ0) is 19.4. The number of nitrogens with one attached hydrogen (secondary N) is 1. The van der Waals surface area contributed by atoms with Gasteiger partial charge in [0, 0.05) is 32.9 Å². The molecule has 1 N–H and O–H groups in total. The number of hydrogen-bond donors (Lipinski definition) is 1. The lowest BCUT2D eigenvalue weighted by atomic mass is 10.2. The molecule has 2 aromatic carbocycles. The van der Waals surface area contributed by atoms with E-state index in [1.54, 1.807) is 24.3 Å². The highest BCUT2D eigenvalue weighted by molar-refractivity contribution is 7.99. The molecule has 3 aromatic rings. The number of anilines is 1. The molecule has 0 aliphatic rings. The van der Waals surface area contributed by atoms with Crippen LogP contribution in [0, 0.1) is 0 Å². The fourth-order valence-corrected chi connectivity index (χ4v) is 3.99. The molecule has 3 rings (SSSR count). The van der Waals surface area contributed by atoms with Gasteiger partial charge in [-0.2, -0.15) is 0 Å². The Morgan fingerprint density at radius 3 is 2.48 bits per heavy atom. The Balaban J connectivity index is 1.70. The first-order valence-corrected chi connectivity index (χ1v) is 10.2. The van der Waals surface area contributed by atoms with Gasteiger partial charge in [-0.05, 0) is 37.3 Å². The number of nitrogens with zero attached hydrogens (tertiary/aromatic N) is 3. The predicted octanol–water partition coefficient (Wildman–Crippen LogP) is 5.66. The molecule has 1 aromatic heterocycles. The second-order valence-electron chi connectivity index (χ2n) is 5.56. The Morgan fingerprint density at radius 2 is 1.81 bits per heavy atom. The number of thioether (sulfide) groups is 1.